The van der Waals surface area contributed by atoms with Gasteiger partial charge in [-0.1, -0.05) is 19.1 Å². The molecule has 2 amide bonds. The van der Waals surface area contributed by atoms with Crippen molar-refractivity contribution in [3.05, 3.63) is 35.6 Å². The molecule has 0 saturated carbocycles. The molecule has 0 bridgehead atoms. The van der Waals surface area contributed by atoms with Gasteiger partial charge >= 0.3 is 0 Å². The van der Waals surface area contributed by atoms with Crippen LogP contribution in [-0.4, -0.2) is 35.3 Å². The summed E-state index contributed by atoms with van der Waals surface area (Å²) < 4.78 is 13.2. The molecule has 1 aromatic rings. The van der Waals surface area contributed by atoms with E-state index < -0.39 is 5.54 Å². The Bertz CT molecular complexity index is 547. The monoisotopic (exact) mass is 292 g/mol. The third kappa shape index (κ3) is 3.60. The van der Waals surface area contributed by atoms with Crippen LogP contribution in [0.15, 0.2) is 24.3 Å². The maximum absolute atomic E-state index is 13.2. The molecule has 1 unspecified atom stereocenters. The molecule has 1 N–H and O–H groups in total. The number of nitrogens with zero attached hydrogens (tertiary/aromatic N) is 1. The fourth-order valence-corrected chi connectivity index (χ4v) is 2.52. The van der Waals surface area contributed by atoms with E-state index in [4.69, 9.17) is 0 Å². The number of benzene rings is 1. The van der Waals surface area contributed by atoms with E-state index in [2.05, 4.69) is 5.32 Å². The lowest BCUT2D eigenvalue weighted by molar-refractivity contribution is -0.138. The molecule has 114 valence electrons. The molecule has 0 spiro atoms. The lowest BCUT2D eigenvalue weighted by Crippen LogP contribution is -2.54. The normalized spacial score (nSPS) is 22.9. The second-order valence-corrected chi connectivity index (χ2v) is 5.66. The van der Waals surface area contributed by atoms with Gasteiger partial charge in [0.15, 0.2) is 0 Å². The topological polar surface area (TPSA) is 49.4 Å². The number of hydrogen-bond donors (Lipinski definition) is 1. The molecule has 1 aromatic carbocycles. The lowest BCUT2D eigenvalue weighted by Gasteiger charge is -2.31. The van der Waals surface area contributed by atoms with Gasteiger partial charge in [0, 0.05) is 19.5 Å². The Morgan fingerprint density at radius 1 is 1.38 bits per heavy atom. The molecule has 1 saturated heterocycles. The quantitative estimate of drug-likeness (QED) is 0.921. The zero-order chi connectivity index (χ0) is 15.5. The van der Waals surface area contributed by atoms with Crippen LogP contribution in [0.3, 0.4) is 0 Å². The van der Waals surface area contributed by atoms with E-state index in [9.17, 15) is 14.0 Å². The first-order chi connectivity index (χ1) is 9.94. The maximum atomic E-state index is 13.2. The summed E-state index contributed by atoms with van der Waals surface area (Å²) in [6, 6.07) is 6.38. The van der Waals surface area contributed by atoms with Gasteiger partial charge in [-0.15, -0.1) is 0 Å². The Balaban J connectivity index is 2.07. The van der Waals surface area contributed by atoms with Gasteiger partial charge in [-0.25, -0.2) is 4.39 Å². The summed E-state index contributed by atoms with van der Waals surface area (Å²) in [5.74, 6) is -0.432. The summed E-state index contributed by atoms with van der Waals surface area (Å²) in [7, 11) is 0. The van der Waals surface area contributed by atoms with Crippen LogP contribution < -0.4 is 5.32 Å². The van der Waals surface area contributed by atoms with Crippen LogP contribution in [-0.2, 0) is 16.0 Å². The van der Waals surface area contributed by atoms with E-state index in [1.165, 1.54) is 12.1 Å². The summed E-state index contributed by atoms with van der Waals surface area (Å²) in [6.07, 6.45) is 1.44. The summed E-state index contributed by atoms with van der Waals surface area (Å²) in [5.41, 5.74) is 0.0136. The Morgan fingerprint density at radius 3 is 2.81 bits per heavy atom. The predicted octanol–water partition coefficient (Wildman–Crippen LogP) is 1.89. The van der Waals surface area contributed by atoms with Crippen molar-refractivity contribution in [3.63, 3.8) is 0 Å². The van der Waals surface area contributed by atoms with Crippen molar-refractivity contribution in [2.75, 3.05) is 13.1 Å². The Kier molecular flexibility index (Phi) is 4.60. The van der Waals surface area contributed by atoms with Gasteiger partial charge in [0.25, 0.3) is 0 Å². The highest BCUT2D eigenvalue weighted by atomic mass is 19.1. The Labute approximate surface area is 124 Å². The highest BCUT2D eigenvalue weighted by Crippen LogP contribution is 2.18. The van der Waals surface area contributed by atoms with Crippen molar-refractivity contribution in [2.24, 2.45) is 0 Å². The van der Waals surface area contributed by atoms with Gasteiger partial charge in [0.2, 0.25) is 11.8 Å². The van der Waals surface area contributed by atoms with Crippen LogP contribution in [0.4, 0.5) is 4.39 Å². The molecule has 4 nitrogen and oxygen atoms in total. The molecule has 21 heavy (non-hydrogen) atoms. The third-order valence-corrected chi connectivity index (χ3v) is 4.05. The minimum absolute atomic E-state index is 0.0627. The molecule has 1 atom stereocenters. The number of nitrogens with one attached hydrogen (secondary N) is 1. The number of halogens is 1. The van der Waals surface area contributed by atoms with E-state index in [-0.39, 0.29) is 17.6 Å². The first-order valence-corrected chi connectivity index (χ1v) is 7.29. The highest BCUT2D eigenvalue weighted by molar-refractivity contribution is 5.93. The maximum Gasteiger partial charge on any atom is 0.248 e. The third-order valence-electron chi connectivity index (χ3n) is 4.05. The minimum Gasteiger partial charge on any atom is -0.342 e. The fraction of sp³-hybridized carbons (Fsp3) is 0.500. The highest BCUT2D eigenvalue weighted by Gasteiger charge is 2.38. The van der Waals surface area contributed by atoms with Gasteiger partial charge in [0.05, 0.1) is 0 Å². The minimum atomic E-state index is -0.838. The van der Waals surface area contributed by atoms with Crippen molar-refractivity contribution in [1.82, 2.24) is 10.2 Å². The first-order valence-electron chi connectivity index (χ1n) is 7.29. The standard InChI is InChI=1S/C16H21FN2O2/c1-3-16(2)15(21)19(10-8-14(20)18-16)9-7-12-5-4-6-13(17)11-12/h4-6,11H,3,7-10H2,1-2H3,(H,18,20). The SMILES string of the molecule is CCC1(C)NC(=O)CCN(CCc2cccc(F)c2)C1=O. The first kappa shape index (κ1) is 15.5. The van der Waals surface area contributed by atoms with Crippen molar-refractivity contribution in [1.29, 1.82) is 0 Å². The second kappa shape index (κ2) is 6.24. The van der Waals surface area contributed by atoms with Gasteiger partial charge in [-0.05, 0) is 37.5 Å². The number of rotatable bonds is 4. The molecular formula is C16H21FN2O2. The second-order valence-electron chi connectivity index (χ2n) is 5.66. The van der Waals surface area contributed by atoms with E-state index >= 15 is 0 Å². The van der Waals surface area contributed by atoms with Gasteiger partial charge in [0.1, 0.15) is 11.4 Å². The van der Waals surface area contributed by atoms with Gasteiger partial charge in [-0.2, -0.15) is 0 Å². The van der Waals surface area contributed by atoms with E-state index in [1.54, 1.807) is 17.9 Å². The summed E-state index contributed by atoms with van der Waals surface area (Å²) in [4.78, 5) is 26.0. The molecule has 1 aliphatic heterocycles. The molecule has 0 aromatic heterocycles. The summed E-state index contributed by atoms with van der Waals surface area (Å²) >= 11 is 0. The zero-order valence-electron chi connectivity index (χ0n) is 12.5. The van der Waals surface area contributed by atoms with Crippen molar-refractivity contribution < 1.29 is 14.0 Å². The fourth-order valence-electron chi connectivity index (χ4n) is 2.52. The Morgan fingerprint density at radius 2 is 2.14 bits per heavy atom. The van der Waals surface area contributed by atoms with Crippen LogP contribution >= 0.6 is 0 Å². The largest absolute Gasteiger partial charge is 0.342 e. The Hall–Kier alpha value is -1.91. The van der Waals surface area contributed by atoms with Crippen molar-refractivity contribution in [3.8, 4) is 0 Å². The van der Waals surface area contributed by atoms with Crippen LogP contribution in [0.5, 0.6) is 0 Å². The lowest BCUT2D eigenvalue weighted by atomic mass is 9.97. The molecule has 1 heterocycles. The number of amides is 2. The number of carbonyl (C=O) groups excluding carboxylic acids is 2. The summed E-state index contributed by atoms with van der Waals surface area (Å²) in [5, 5.41) is 2.80. The average molecular weight is 292 g/mol. The molecule has 1 fully saturated rings. The van der Waals surface area contributed by atoms with Crippen LogP contribution in [0.1, 0.15) is 32.3 Å². The van der Waals surface area contributed by atoms with Gasteiger partial charge in [-0.3, -0.25) is 9.59 Å². The van der Waals surface area contributed by atoms with Crippen LogP contribution in [0.2, 0.25) is 0 Å². The van der Waals surface area contributed by atoms with Gasteiger partial charge < -0.3 is 10.2 Å². The molecule has 0 radical (unpaired) electrons. The van der Waals surface area contributed by atoms with Crippen molar-refractivity contribution in [2.45, 2.75) is 38.6 Å². The van der Waals surface area contributed by atoms with Crippen molar-refractivity contribution >= 4 is 11.8 Å². The van der Waals surface area contributed by atoms with Crippen LogP contribution in [0.25, 0.3) is 0 Å². The van der Waals surface area contributed by atoms with Crippen LogP contribution in [0, 0.1) is 5.82 Å². The zero-order valence-corrected chi connectivity index (χ0v) is 12.5. The summed E-state index contributed by atoms with van der Waals surface area (Å²) in [6.45, 7) is 4.55. The molecule has 1 aliphatic rings. The number of carbonyl (C=O) groups is 2. The average Bonchev–Trinajstić information content (AvgIpc) is 2.56. The molecular weight excluding hydrogens is 271 g/mol. The van der Waals surface area contributed by atoms with E-state index in [0.29, 0.717) is 32.4 Å². The van der Waals surface area contributed by atoms with E-state index in [0.717, 1.165) is 5.56 Å². The smallest absolute Gasteiger partial charge is 0.248 e. The van der Waals surface area contributed by atoms with E-state index in [1.807, 2.05) is 13.0 Å². The molecule has 2 rings (SSSR count). The molecule has 0 aliphatic carbocycles. The molecule has 5 heteroatoms. The predicted molar refractivity (Wildman–Crippen MR) is 78.1 cm³/mol. The number of hydrogen-bond acceptors (Lipinski definition) is 2.